The average Bonchev–Trinajstić information content (AvgIpc) is 2.46. The highest BCUT2D eigenvalue weighted by Crippen LogP contribution is 2.44. The summed E-state index contributed by atoms with van der Waals surface area (Å²) in [6, 6.07) is 16.1. The van der Waals surface area contributed by atoms with Crippen molar-refractivity contribution in [3.8, 4) is 11.5 Å². The minimum Gasteiger partial charge on any atom is -0.481 e. The Morgan fingerprint density at radius 3 is 1.95 bits per heavy atom. The van der Waals surface area contributed by atoms with E-state index in [0.29, 0.717) is 6.61 Å². The average molecular weight is 286 g/mol. The quantitative estimate of drug-likeness (QED) is 0.906. The normalized spacial score (nSPS) is 12.3. The molecule has 1 N–H and O–H groups in total. The third-order valence-corrected chi connectivity index (χ3v) is 2.96. The molecule has 3 rings (SSSR count). The van der Waals surface area contributed by atoms with E-state index in [0.717, 1.165) is 29.5 Å². The smallest absolute Gasteiger partial charge is 0.300 e. The summed E-state index contributed by atoms with van der Waals surface area (Å²) < 4.78 is 11.7. The van der Waals surface area contributed by atoms with Gasteiger partial charge in [0.25, 0.3) is 5.97 Å². The fraction of sp³-hybridized carbons (Fsp3) is 0.235. The van der Waals surface area contributed by atoms with Gasteiger partial charge in [0.05, 0.1) is 0 Å². The third-order valence-electron chi connectivity index (χ3n) is 2.96. The standard InChI is InChI=1S/C15H14O2.C2H4O2/c1-2-16-15-11-7-3-5-9-13(11)17-14-10-6-4-8-12(14)15;1-2(3)4/h3-10,15H,2H2,1H3;1H3,(H,3,4). The number of hydrogen-bond donors (Lipinski definition) is 1. The SMILES string of the molecule is CC(=O)O.CCOC1c2ccccc2Oc2ccccc21. The Hall–Kier alpha value is -2.33. The summed E-state index contributed by atoms with van der Waals surface area (Å²) in [6.45, 7) is 3.79. The Kier molecular flexibility index (Phi) is 4.95. The first-order valence-corrected chi connectivity index (χ1v) is 6.80. The molecule has 0 unspecified atom stereocenters. The predicted octanol–water partition coefficient (Wildman–Crippen LogP) is 4.01. The van der Waals surface area contributed by atoms with E-state index >= 15 is 0 Å². The molecule has 110 valence electrons. The predicted molar refractivity (Wildman–Crippen MR) is 79.7 cm³/mol. The van der Waals surface area contributed by atoms with Crippen LogP contribution in [0.3, 0.4) is 0 Å². The summed E-state index contributed by atoms with van der Waals surface area (Å²) in [5.41, 5.74) is 2.21. The molecule has 0 aromatic heterocycles. The van der Waals surface area contributed by atoms with Crippen molar-refractivity contribution in [1.82, 2.24) is 0 Å². The molecular formula is C17H18O4. The van der Waals surface area contributed by atoms with Crippen LogP contribution in [0.4, 0.5) is 0 Å². The number of para-hydroxylation sites is 2. The van der Waals surface area contributed by atoms with Gasteiger partial charge >= 0.3 is 0 Å². The molecule has 0 atom stereocenters. The highest BCUT2D eigenvalue weighted by molar-refractivity contribution is 5.63. The fourth-order valence-corrected chi connectivity index (χ4v) is 2.21. The maximum Gasteiger partial charge on any atom is 0.300 e. The van der Waals surface area contributed by atoms with E-state index in [1.165, 1.54) is 0 Å². The van der Waals surface area contributed by atoms with E-state index < -0.39 is 5.97 Å². The van der Waals surface area contributed by atoms with Crippen molar-refractivity contribution < 1.29 is 19.4 Å². The second kappa shape index (κ2) is 6.90. The molecule has 0 amide bonds. The fourth-order valence-electron chi connectivity index (χ4n) is 2.21. The lowest BCUT2D eigenvalue weighted by Gasteiger charge is -2.27. The molecule has 0 saturated heterocycles. The number of carbonyl (C=O) groups is 1. The molecule has 4 heteroatoms. The van der Waals surface area contributed by atoms with Gasteiger partial charge in [-0.05, 0) is 19.1 Å². The first-order chi connectivity index (χ1) is 10.1. The third kappa shape index (κ3) is 3.61. The first kappa shape index (κ1) is 15.1. The van der Waals surface area contributed by atoms with Crippen LogP contribution in [0, 0.1) is 0 Å². The number of hydrogen-bond acceptors (Lipinski definition) is 3. The molecule has 4 nitrogen and oxygen atoms in total. The lowest BCUT2D eigenvalue weighted by Crippen LogP contribution is -2.13. The highest BCUT2D eigenvalue weighted by Gasteiger charge is 2.26. The molecule has 0 saturated carbocycles. The Bertz CT molecular complexity index is 572. The zero-order valence-electron chi connectivity index (χ0n) is 12.1. The molecule has 1 aliphatic rings. The molecule has 2 aromatic carbocycles. The van der Waals surface area contributed by atoms with Crippen LogP contribution in [0.15, 0.2) is 48.5 Å². The molecule has 1 aliphatic heterocycles. The number of fused-ring (bicyclic) bond motifs is 2. The molecule has 0 radical (unpaired) electrons. The summed E-state index contributed by atoms with van der Waals surface area (Å²) >= 11 is 0. The number of carboxylic acids is 1. The van der Waals surface area contributed by atoms with Gasteiger partial charge in [-0.3, -0.25) is 4.79 Å². The number of aliphatic carboxylic acids is 1. The summed E-state index contributed by atoms with van der Waals surface area (Å²) in [6.07, 6.45) is -0.0128. The Morgan fingerprint density at radius 1 is 1.10 bits per heavy atom. The van der Waals surface area contributed by atoms with E-state index in [4.69, 9.17) is 19.4 Å². The van der Waals surface area contributed by atoms with Crippen LogP contribution >= 0.6 is 0 Å². The largest absolute Gasteiger partial charge is 0.481 e. The first-order valence-electron chi connectivity index (χ1n) is 6.80. The van der Waals surface area contributed by atoms with E-state index in [1.807, 2.05) is 43.3 Å². The van der Waals surface area contributed by atoms with Gasteiger partial charge in [0.2, 0.25) is 0 Å². The number of ether oxygens (including phenoxy) is 2. The maximum atomic E-state index is 9.00. The summed E-state index contributed by atoms with van der Waals surface area (Å²) in [5.74, 6) is 0.953. The van der Waals surface area contributed by atoms with Gasteiger partial charge in [-0.1, -0.05) is 36.4 Å². The minimum absolute atomic E-state index is 0.0128. The molecule has 0 aliphatic carbocycles. The van der Waals surface area contributed by atoms with Gasteiger partial charge in [0.15, 0.2) is 0 Å². The van der Waals surface area contributed by atoms with E-state index in [-0.39, 0.29) is 6.10 Å². The molecule has 0 spiro atoms. The number of carboxylic acid groups (broad SMARTS) is 1. The summed E-state index contributed by atoms with van der Waals surface area (Å²) in [4.78, 5) is 9.00. The van der Waals surface area contributed by atoms with Crippen molar-refractivity contribution in [1.29, 1.82) is 0 Å². The van der Waals surface area contributed by atoms with E-state index in [1.54, 1.807) is 0 Å². The van der Waals surface area contributed by atoms with Crippen molar-refractivity contribution in [3.63, 3.8) is 0 Å². The lowest BCUT2D eigenvalue weighted by atomic mass is 9.97. The summed E-state index contributed by atoms with van der Waals surface area (Å²) in [5, 5.41) is 7.42. The second-order valence-corrected chi connectivity index (χ2v) is 4.53. The van der Waals surface area contributed by atoms with E-state index in [2.05, 4.69) is 12.1 Å². The molecule has 0 bridgehead atoms. The highest BCUT2D eigenvalue weighted by atomic mass is 16.5. The summed E-state index contributed by atoms with van der Waals surface area (Å²) in [7, 11) is 0. The molecule has 1 heterocycles. The zero-order chi connectivity index (χ0) is 15.2. The van der Waals surface area contributed by atoms with Crippen LogP contribution in [0.5, 0.6) is 11.5 Å². The molecular weight excluding hydrogens is 268 g/mol. The van der Waals surface area contributed by atoms with Gasteiger partial charge in [0.1, 0.15) is 17.6 Å². The second-order valence-electron chi connectivity index (χ2n) is 4.53. The van der Waals surface area contributed by atoms with Crippen molar-refractivity contribution in [2.75, 3.05) is 6.61 Å². The van der Waals surface area contributed by atoms with Gasteiger partial charge in [0, 0.05) is 24.7 Å². The Labute approximate surface area is 123 Å². The van der Waals surface area contributed by atoms with Gasteiger partial charge in [-0.25, -0.2) is 0 Å². The van der Waals surface area contributed by atoms with Crippen molar-refractivity contribution in [2.45, 2.75) is 20.0 Å². The minimum atomic E-state index is -0.833. The van der Waals surface area contributed by atoms with Crippen molar-refractivity contribution >= 4 is 5.97 Å². The Balaban J connectivity index is 0.000000361. The molecule has 21 heavy (non-hydrogen) atoms. The van der Waals surface area contributed by atoms with E-state index in [9.17, 15) is 0 Å². The molecule has 2 aromatic rings. The topological polar surface area (TPSA) is 55.8 Å². The maximum absolute atomic E-state index is 9.00. The van der Waals surface area contributed by atoms with Crippen molar-refractivity contribution in [3.05, 3.63) is 59.7 Å². The monoisotopic (exact) mass is 286 g/mol. The van der Waals surface area contributed by atoms with Crippen LogP contribution in [0.25, 0.3) is 0 Å². The van der Waals surface area contributed by atoms with Crippen LogP contribution in [-0.2, 0) is 9.53 Å². The van der Waals surface area contributed by atoms with Gasteiger partial charge in [-0.2, -0.15) is 0 Å². The zero-order valence-corrected chi connectivity index (χ0v) is 12.1. The van der Waals surface area contributed by atoms with Crippen molar-refractivity contribution in [2.24, 2.45) is 0 Å². The van der Waals surface area contributed by atoms with Crippen LogP contribution in [0.1, 0.15) is 31.1 Å². The van der Waals surface area contributed by atoms with Gasteiger partial charge < -0.3 is 14.6 Å². The van der Waals surface area contributed by atoms with Crippen LogP contribution in [0.2, 0.25) is 0 Å². The number of rotatable bonds is 2. The lowest BCUT2D eigenvalue weighted by molar-refractivity contribution is -0.134. The number of benzene rings is 2. The Morgan fingerprint density at radius 2 is 1.52 bits per heavy atom. The van der Waals surface area contributed by atoms with Gasteiger partial charge in [-0.15, -0.1) is 0 Å². The van der Waals surface area contributed by atoms with Crippen LogP contribution in [-0.4, -0.2) is 17.7 Å². The molecule has 0 fully saturated rings. The van der Waals surface area contributed by atoms with Crippen LogP contribution < -0.4 is 4.74 Å².